The zero-order valence-electron chi connectivity index (χ0n) is 11.1. The Kier molecular flexibility index (Phi) is 4.24. The van der Waals surface area contributed by atoms with Gasteiger partial charge in [-0.2, -0.15) is 0 Å². The smallest absolute Gasteiger partial charge is 0.225 e. The number of nitrogen functional groups attached to an aromatic ring is 1. The number of amides is 1. The Morgan fingerprint density at radius 2 is 2.22 bits per heavy atom. The number of carbonyl (C=O) groups excluding carboxylic acids is 1. The van der Waals surface area contributed by atoms with Crippen LogP contribution in [-0.2, 0) is 11.3 Å². The van der Waals surface area contributed by atoms with Crippen molar-refractivity contribution in [1.29, 1.82) is 0 Å². The van der Waals surface area contributed by atoms with Gasteiger partial charge < -0.3 is 10.6 Å². The molecule has 98 valence electrons. The maximum absolute atomic E-state index is 12.3. The molecule has 0 heterocycles. The van der Waals surface area contributed by atoms with Crippen LogP contribution >= 0.6 is 0 Å². The summed E-state index contributed by atoms with van der Waals surface area (Å²) in [5.41, 5.74) is 7.66. The average molecular weight is 246 g/mol. The number of hydrogen-bond acceptors (Lipinski definition) is 2. The van der Waals surface area contributed by atoms with Gasteiger partial charge in [0, 0.05) is 24.7 Å². The van der Waals surface area contributed by atoms with Gasteiger partial charge in [0.05, 0.1) is 0 Å². The third kappa shape index (κ3) is 3.03. The molecular formula is C15H22N2O. The van der Waals surface area contributed by atoms with E-state index in [1.165, 1.54) is 6.42 Å². The summed E-state index contributed by atoms with van der Waals surface area (Å²) in [5.74, 6) is 0.600. The fraction of sp³-hybridized carbons (Fsp3) is 0.533. The van der Waals surface area contributed by atoms with Gasteiger partial charge in [-0.15, -0.1) is 0 Å². The summed E-state index contributed by atoms with van der Waals surface area (Å²) in [6, 6.07) is 7.81. The van der Waals surface area contributed by atoms with E-state index in [1.807, 2.05) is 29.2 Å². The SMILES string of the molecule is CCCN(Cc1cccc(N)c1)C(=O)C1CCC1. The van der Waals surface area contributed by atoms with Crippen molar-refractivity contribution in [3.8, 4) is 0 Å². The van der Waals surface area contributed by atoms with E-state index in [-0.39, 0.29) is 5.92 Å². The third-order valence-electron chi connectivity index (χ3n) is 3.58. The highest BCUT2D eigenvalue weighted by Crippen LogP contribution is 2.29. The van der Waals surface area contributed by atoms with Crippen LogP contribution in [0.3, 0.4) is 0 Å². The van der Waals surface area contributed by atoms with Crippen LogP contribution in [0.5, 0.6) is 0 Å². The van der Waals surface area contributed by atoms with Gasteiger partial charge in [0.1, 0.15) is 0 Å². The van der Waals surface area contributed by atoms with Crippen molar-refractivity contribution in [2.24, 2.45) is 5.92 Å². The number of nitrogens with zero attached hydrogens (tertiary/aromatic N) is 1. The molecule has 0 aromatic heterocycles. The van der Waals surface area contributed by atoms with Gasteiger partial charge in [-0.05, 0) is 37.0 Å². The van der Waals surface area contributed by atoms with Gasteiger partial charge in [0.25, 0.3) is 0 Å². The summed E-state index contributed by atoms with van der Waals surface area (Å²) >= 11 is 0. The van der Waals surface area contributed by atoms with Crippen LogP contribution in [0.15, 0.2) is 24.3 Å². The van der Waals surface area contributed by atoms with E-state index in [0.29, 0.717) is 12.5 Å². The Morgan fingerprint density at radius 3 is 2.78 bits per heavy atom. The Morgan fingerprint density at radius 1 is 1.44 bits per heavy atom. The Labute approximate surface area is 109 Å². The molecule has 0 bridgehead atoms. The van der Waals surface area contributed by atoms with Crippen molar-refractivity contribution < 1.29 is 4.79 Å². The molecule has 1 saturated carbocycles. The van der Waals surface area contributed by atoms with E-state index in [4.69, 9.17) is 5.73 Å². The van der Waals surface area contributed by atoms with Crippen molar-refractivity contribution in [1.82, 2.24) is 4.90 Å². The van der Waals surface area contributed by atoms with Crippen LogP contribution in [0.2, 0.25) is 0 Å². The first-order chi connectivity index (χ1) is 8.70. The second kappa shape index (κ2) is 5.89. The summed E-state index contributed by atoms with van der Waals surface area (Å²) in [4.78, 5) is 14.3. The summed E-state index contributed by atoms with van der Waals surface area (Å²) in [5, 5.41) is 0. The summed E-state index contributed by atoms with van der Waals surface area (Å²) in [6.45, 7) is 3.64. The molecule has 1 aliphatic rings. The number of hydrogen-bond donors (Lipinski definition) is 1. The van der Waals surface area contributed by atoms with Crippen LogP contribution in [0, 0.1) is 5.92 Å². The molecule has 0 saturated heterocycles. The molecule has 3 heteroatoms. The molecule has 0 unspecified atom stereocenters. The highest BCUT2D eigenvalue weighted by atomic mass is 16.2. The summed E-state index contributed by atoms with van der Waals surface area (Å²) in [6.07, 6.45) is 4.33. The topological polar surface area (TPSA) is 46.3 Å². The highest BCUT2D eigenvalue weighted by Gasteiger charge is 2.28. The molecule has 0 spiro atoms. The predicted octanol–water partition coefficient (Wildman–Crippen LogP) is 2.81. The fourth-order valence-corrected chi connectivity index (χ4v) is 2.36. The second-order valence-electron chi connectivity index (χ2n) is 5.13. The van der Waals surface area contributed by atoms with E-state index in [0.717, 1.165) is 37.1 Å². The molecule has 2 rings (SSSR count). The lowest BCUT2D eigenvalue weighted by molar-refractivity contribution is -0.138. The van der Waals surface area contributed by atoms with Crippen LogP contribution in [-0.4, -0.2) is 17.4 Å². The molecule has 1 amide bonds. The zero-order chi connectivity index (χ0) is 13.0. The highest BCUT2D eigenvalue weighted by molar-refractivity contribution is 5.79. The molecule has 0 atom stereocenters. The molecule has 1 aromatic carbocycles. The number of anilines is 1. The summed E-state index contributed by atoms with van der Waals surface area (Å²) in [7, 11) is 0. The third-order valence-corrected chi connectivity index (χ3v) is 3.58. The molecule has 0 radical (unpaired) electrons. The van der Waals surface area contributed by atoms with Crippen LogP contribution in [0.1, 0.15) is 38.2 Å². The molecule has 2 N–H and O–H groups in total. The van der Waals surface area contributed by atoms with Crippen LogP contribution < -0.4 is 5.73 Å². The van der Waals surface area contributed by atoms with E-state index < -0.39 is 0 Å². The Hall–Kier alpha value is -1.51. The predicted molar refractivity (Wildman–Crippen MR) is 73.9 cm³/mol. The molecule has 0 aliphatic heterocycles. The molecule has 3 nitrogen and oxygen atoms in total. The first kappa shape index (κ1) is 12.9. The quantitative estimate of drug-likeness (QED) is 0.812. The zero-order valence-corrected chi connectivity index (χ0v) is 11.1. The van der Waals surface area contributed by atoms with Gasteiger partial charge >= 0.3 is 0 Å². The minimum atomic E-state index is 0.276. The van der Waals surface area contributed by atoms with Crippen molar-refractivity contribution in [2.75, 3.05) is 12.3 Å². The maximum Gasteiger partial charge on any atom is 0.225 e. The number of nitrogens with two attached hydrogens (primary N) is 1. The van der Waals surface area contributed by atoms with E-state index >= 15 is 0 Å². The van der Waals surface area contributed by atoms with Gasteiger partial charge in [-0.1, -0.05) is 25.5 Å². The number of benzene rings is 1. The van der Waals surface area contributed by atoms with Crippen molar-refractivity contribution in [3.05, 3.63) is 29.8 Å². The van der Waals surface area contributed by atoms with Crippen molar-refractivity contribution >= 4 is 11.6 Å². The second-order valence-corrected chi connectivity index (χ2v) is 5.13. The normalized spacial score (nSPS) is 15.2. The molecule has 1 aliphatic carbocycles. The van der Waals surface area contributed by atoms with E-state index in [2.05, 4.69) is 6.92 Å². The van der Waals surface area contributed by atoms with Crippen LogP contribution in [0.25, 0.3) is 0 Å². The number of rotatable bonds is 5. The molecule has 1 aromatic rings. The van der Waals surface area contributed by atoms with E-state index in [9.17, 15) is 4.79 Å². The Bertz CT molecular complexity index is 413. The lowest BCUT2D eigenvalue weighted by atomic mass is 9.84. The van der Waals surface area contributed by atoms with Gasteiger partial charge in [0.15, 0.2) is 0 Å². The molecule has 18 heavy (non-hydrogen) atoms. The van der Waals surface area contributed by atoms with Gasteiger partial charge in [-0.3, -0.25) is 4.79 Å². The lowest BCUT2D eigenvalue weighted by Crippen LogP contribution is -2.38. The van der Waals surface area contributed by atoms with Gasteiger partial charge in [0.2, 0.25) is 5.91 Å². The average Bonchev–Trinajstić information content (AvgIpc) is 2.26. The summed E-state index contributed by atoms with van der Waals surface area (Å²) < 4.78 is 0. The standard InChI is InChI=1S/C15H22N2O/c1-2-9-17(15(18)13-6-4-7-13)11-12-5-3-8-14(16)10-12/h3,5,8,10,13H,2,4,6-7,9,11,16H2,1H3. The first-order valence-corrected chi connectivity index (χ1v) is 6.84. The molecule has 1 fully saturated rings. The minimum absolute atomic E-state index is 0.276. The minimum Gasteiger partial charge on any atom is -0.399 e. The first-order valence-electron chi connectivity index (χ1n) is 6.84. The Balaban J connectivity index is 2.03. The number of carbonyl (C=O) groups is 1. The maximum atomic E-state index is 12.3. The van der Waals surface area contributed by atoms with Crippen molar-refractivity contribution in [3.63, 3.8) is 0 Å². The van der Waals surface area contributed by atoms with Gasteiger partial charge in [-0.25, -0.2) is 0 Å². The monoisotopic (exact) mass is 246 g/mol. The van der Waals surface area contributed by atoms with Crippen molar-refractivity contribution in [2.45, 2.75) is 39.2 Å². The van der Waals surface area contributed by atoms with Crippen LogP contribution in [0.4, 0.5) is 5.69 Å². The lowest BCUT2D eigenvalue weighted by Gasteiger charge is -2.31. The molecular weight excluding hydrogens is 224 g/mol. The van der Waals surface area contributed by atoms with E-state index in [1.54, 1.807) is 0 Å². The largest absolute Gasteiger partial charge is 0.399 e. The fourth-order valence-electron chi connectivity index (χ4n) is 2.36.